The third-order valence-corrected chi connectivity index (χ3v) is 5.34. The highest BCUT2D eigenvalue weighted by molar-refractivity contribution is 5.79. The quantitative estimate of drug-likeness (QED) is 0.694. The highest BCUT2D eigenvalue weighted by Crippen LogP contribution is 2.38. The lowest BCUT2D eigenvalue weighted by Crippen LogP contribution is -2.36. The molecular formula is C23H29FN2O4. The van der Waals surface area contributed by atoms with Crippen molar-refractivity contribution in [3.63, 3.8) is 0 Å². The second-order valence-corrected chi connectivity index (χ2v) is 7.35. The Morgan fingerprint density at radius 1 is 0.900 bits per heavy atom. The molecule has 0 N–H and O–H groups in total. The summed E-state index contributed by atoms with van der Waals surface area (Å²) in [5.74, 6) is 1.45. The molecular weight excluding hydrogens is 387 g/mol. The summed E-state index contributed by atoms with van der Waals surface area (Å²) in [6, 6.07) is 10.2. The van der Waals surface area contributed by atoms with Crippen LogP contribution in [0.15, 0.2) is 36.4 Å². The number of amides is 1. The number of halogens is 1. The fraction of sp³-hybridized carbons (Fsp3) is 0.435. The predicted octanol–water partition coefficient (Wildman–Crippen LogP) is 3.13. The van der Waals surface area contributed by atoms with Crippen LogP contribution in [0.2, 0.25) is 0 Å². The first kappa shape index (κ1) is 21.9. The van der Waals surface area contributed by atoms with E-state index in [9.17, 15) is 9.18 Å². The van der Waals surface area contributed by atoms with E-state index >= 15 is 0 Å². The van der Waals surface area contributed by atoms with E-state index in [0.29, 0.717) is 23.8 Å². The van der Waals surface area contributed by atoms with Crippen molar-refractivity contribution in [3.8, 4) is 17.2 Å². The Balaban J connectivity index is 1.61. The van der Waals surface area contributed by atoms with Gasteiger partial charge in [0.2, 0.25) is 11.7 Å². The molecule has 0 unspecified atom stereocenters. The molecule has 0 aromatic heterocycles. The van der Waals surface area contributed by atoms with Gasteiger partial charge in [0.1, 0.15) is 5.82 Å². The van der Waals surface area contributed by atoms with Crippen LogP contribution in [0.1, 0.15) is 17.5 Å². The van der Waals surface area contributed by atoms with E-state index in [4.69, 9.17) is 14.2 Å². The van der Waals surface area contributed by atoms with Crippen molar-refractivity contribution >= 4 is 5.91 Å². The fourth-order valence-electron chi connectivity index (χ4n) is 3.75. The summed E-state index contributed by atoms with van der Waals surface area (Å²) in [6.45, 7) is 3.85. The number of carbonyl (C=O) groups is 1. The predicted molar refractivity (Wildman–Crippen MR) is 113 cm³/mol. The van der Waals surface area contributed by atoms with E-state index in [-0.39, 0.29) is 18.1 Å². The van der Waals surface area contributed by atoms with E-state index in [1.165, 1.54) is 12.1 Å². The first-order valence-electron chi connectivity index (χ1n) is 10.1. The molecule has 1 amide bonds. The van der Waals surface area contributed by atoms with Gasteiger partial charge >= 0.3 is 0 Å². The molecule has 2 aromatic rings. The zero-order chi connectivity index (χ0) is 21.5. The van der Waals surface area contributed by atoms with Gasteiger partial charge in [-0.05, 0) is 41.8 Å². The Bertz CT molecular complexity index is 832. The van der Waals surface area contributed by atoms with Crippen LogP contribution < -0.4 is 14.2 Å². The van der Waals surface area contributed by atoms with Crippen LogP contribution in [0.3, 0.4) is 0 Å². The van der Waals surface area contributed by atoms with Crippen molar-refractivity contribution in [1.29, 1.82) is 0 Å². The third-order valence-electron chi connectivity index (χ3n) is 5.34. The highest BCUT2D eigenvalue weighted by Gasteiger charge is 2.21. The van der Waals surface area contributed by atoms with Gasteiger partial charge < -0.3 is 19.1 Å². The van der Waals surface area contributed by atoms with Crippen molar-refractivity contribution in [2.75, 3.05) is 47.5 Å². The summed E-state index contributed by atoms with van der Waals surface area (Å²) >= 11 is 0. The Labute approximate surface area is 177 Å². The first-order chi connectivity index (χ1) is 14.5. The van der Waals surface area contributed by atoms with Crippen LogP contribution in [-0.4, -0.2) is 63.2 Å². The maximum absolute atomic E-state index is 13.1. The van der Waals surface area contributed by atoms with E-state index in [0.717, 1.165) is 43.7 Å². The van der Waals surface area contributed by atoms with Gasteiger partial charge in [-0.2, -0.15) is 0 Å². The number of rotatable bonds is 7. The van der Waals surface area contributed by atoms with Crippen LogP contribution in [-0.2, 0) is 17.8 Å². The molecule has 0 spiro atoms. The first-order valence-corrected chi connectivity index (χ1v) is 10.1. The summed E-state index contributed by atoms with van der Waals surface area (Å²) in [7, 11) is 4.68. The van der Waals surface area contributed by atoms with Crippen LogP contribution >= 0.6 is 0 Å². The lowest BCUT2D eigenvalue weighted by molar-refractivity contribution is -0.130. The zero-order valence-corrected chi connectivity index (χ0v) is 17.8. The molecule has 162 valence electrons. The van der Waals surface area contributed by atoms with Gasteiger partial charge in [-0.15, -0.1) is 0 Å². The molecule has 1 heterocycles. The molecule has 0 bridgehead atoms. The molecule has 30 heavy (non-hydrogen) atoms. The van der Waals surface area contributed by atoms with Crippen LogP contribution in [0, 0.1) is 5.82 Å². The number of carbonyl (C=O) groups excluding carboxylic acids is 1. The molecule has 1 fully saturated rings. The van der Waals surface area contributed by atoms with E-state index in [2.05, 4.69) is 4.90 Å². The smallest absolute Gasteiger partial charge is 0.227 e. The molecule has 7 heteroatoms. The monoisotopic (exact) mass is 416 g/mol. The van der Waals surface area contributed by atoms with Crippen molar-refractivity contribution in [1.82, 2.24) is 9.80 Å². The Morgan fingerprint density at radius 3 is 2.17 bits per heavy atom. The fourth-order valence-corrected chi connectivity index (χ4v) is 3.75. The average molecular weight is 416 g/mol. The zero-order valence-electron chi connectivity index (χ0n) is 17.8. The summed E-state index contributed by atoms with van der Waals surface area (Å²) in [4.78, 5) is 17.1. The highest BCUT2D eigenvalue weighted by atomic mass is 19.1. The van der Waals surface area contributed by atoms with Crippen molar-refractivity contribution < 1.29 is 23.4 Å². The van der Waals surface area contributed by atoms with Crippen molar-refractivity contribution in [2.24, 2.45) is 0 Å². The minimum atomic E-state index is -0.224. The molecule has 6 nitrogen and oxygen atoms in total. The average Bonchev–Trinajstić information content (AvgIpc) is 3.00. The second kappa shape index (κ2) is 10.3. The van der Waals surface area contributed by atoms with Gasteiger partial charge in [-0.1, -0.05) is 12.1 Å². The number of methoxy groups -OCH3 is 3. The minimum absolute atomic E-state index is 0.0768. The summed E-state index contributed by atoms with van der Waals surface area (Å²) < 4.78 is 29.2. The van der Waals surface area contributed by atoms with Gasteiger partial charge in [0.05, 0.1) is 27.8 Å². The summed E-state index contributed by atoms with van der Waals surface area (Å²) in [5, 5.41) is 0. The van der Waals surface area contributed by atoms with Crippen LogP contribution in [0.4, 0.5) is 4.39 Å². The maximum Gasteiger partial charge on any atom is 0.227 e. The largest absolute Gasteiger partial charge is 0.493 e. The van der Waals surface area contributed by atoms with Crippen molar-refractivity contribution in [2.45, 2.75) is 19.4 Å². The molecule has 1 aliphatic heterocycles. The SMILES string of the molecule is COc1cc(CC(=O)N2CCCN(Cc3ccc(F)cc3)CC2)cc(OC)c1OC. The van der Waals surface area contributed by atoms with Gasteiger partial charge in [0.25, 0.3) is 0 Å². The molecule has 2 aromatic carbocycles. The van der Waals surface area contributed by atoms with E-state index in [1.807, 2.05) is 29.2 Å². The molecule has 3 rings (SSSR count). The number of hydrogen-bond donors (Lipinski definition) is 0. The molecule has 0 saturated carbocycles. The molecule has 0 radical (unpaired) electrons. The summed E-state index contributed by atoms with van der Waals surface area (Å²) in [6.07, 6.45) is 1.18. The van der Waals surface area contributed by atoms with Gasteiger partial charge in [0, 0.05) is 32.7 Å². The number of benzene rings is 2. The maximum atomic E-state index is 13.1. The number of ether oxygens (including phenoxy) is 3. The molecule has 0 atom stereocenters. The topological polar surface area (TPSA) is 51.2 Å². The minimum Gasteiger partial charge on any atom is -0.493 e. The van der Waals surface area contributed by atoms with Gasteiger partial charge in [0.15, 0.2) is 11.5 Å². The Kier molecular flexibility index (Phi) is 7.52. The van der Waals surface area contributed by atoms with Crippen molar-refractivity contribution in [3.05, 3.63) is 53.3 Å². The number of nitrogens with zero attached hydrogens (tertiary/aromatic N) is 2. The molecule has 0 aliphatic carbocycles. The third kappa shape index (κ3) is 5.42. The normalized spacial score (nSPS) is 14.9. The van der Waals surface area contributed by atoms with Crippen LogP contribution in [0.25, 0.3) is 0 Å². The van der Waals surface area contributed by atoms with Crippen LogP contribution in [0.5, 0.6) is 17.2 Å². The summed E-state index contributed by atoms with van der Waals surface area (Å²) in [5.41, 5.74) is 1.90. The lowest BCUT2D eigenvalue weighted by atomic mass is 10.1. The Hall–Kier alpha value is -2.80. The number of hydrogen-bond acceptors (Lipinski definition) is 5. The van der Waals surface area contributed by atoms with Gasteiger partial charge in [-0.25, -0.2) is 4.39 Å². The molecule has 1 saturated heterocycles. The van der Waals surface area contributed by atoms with E-state index < -0.39 is 0 Å². The van der Waals surface area contributed by atoms with Gasteiger partial charge in [-0.3, -0.25) is 9.69 Å². The van der Waals surface area contributed by atoms with E-state index in [1.54, 1.807) is 21.3 Å². The standard InChI is InChI=1S/C23H29FN2O4/c1-28-20-13-18(14-21(29-2)23(20)30-3)15-22(27)26-10-4-9-25(11-12-26)16-17-5-7-19(24)8-6-17/h5-8,13-14H,4,9-12,15-16H2,1-3H3. The Morgan fingerprint density at radius 2 is 1.57 bits per heavy atom. The lowest BCUT2D eigenvalue weighted by Gasteiger charge is -2.22. The second-order valence-electron chi connectivity index (χ2n) is 7.35. The molecule has 1 aliphatic rings.